The number of anilines is 1. The van der Waals surface area contributed by atoms with Crippen LogP contribution in [0.5, 0.6) is 5.75 Å². The molecular weight excluding hydrogens is 307 g/mol. The van der Waals surface area contributed by atoms with Gasteiger partial charge >= 0.3 is 0 Å². The van der Waals surface area contributed by atoms with Gasteiger partial charge in [0, 0.05) is 34.9 Å². The molecule has 0 saturated carbocycles. The molecule has 2 aromatic rings. The van der Waals surface area contributed by atoms with Gasteiger partial charge in [-0.15, -0.1) is 0 Å². The maximum absolute atomic E-state index is 6.33. The Hall–Kier alpha value is -1.42. The first-order valence-corrected chi connectivity index (χ1v) is 7.48. The van der Waals surface area contributed by atoms with Gasteiger partial charge in [-0.1, -0.05) is 29.3 Å². The molecule has 0 aromatic heterocycles. The van der Waals surface area contributed by atoms with Crippen LogP contribution >= 0.6 is 23.2 Å². The summed E-state index contributed by atoms with van der Waals surface area (Å²) in [7, 11) is 1.66. The van der Waals surface area contributed by atoms with E-state index in [1.165, 1.54) is 0 Å². The highest BCUT2D eigenvalue weighted by Gasteiger charge is 2.31. The minimum Gasteiger partial charge on any atom is -0.497 e. The molecule has 0 bridgehead atoms. The molecule has 0 amide bonds. The van der Waals surface area contributed by atoms with Gasteiger partial charge in [0.2, 0.25) is 0 Å². The predicted octanol–water partition coefficient (Wildman–Crippen LogP) is 4.02. The highest BCUT2D eigenvalue weighted by Crippen LogP contribution is 2.42. The maximum Gasteiger partial charge on any atom is 0.120 e. The summed E-state index contributed by atoms with van der Waals surface area (Å²) in [5.41, 5.74) is 9.26. The summed E-state index contributed by atoms with van der Waals surface area (Å²) in [5, 5.41) is 1.34. The quantitative estimate of drug-likeness (QED) is 0.927. The van der Waals surface area contributed by atoms with Crippen molar-refractivity contribution in [1.82, 2.24) is 0 Å². The van der Waals surface area contributed by atoms with E-state index in [2.05, 4.69) is 4.90 Å². The molecule has 2 aromatic carbocycles. The number of methoxy groups -OCH3 is 1. The number of fused-ring (bicyclic) bond motifs is 1. The Morgan fingerprint density at radius 3 is 2.81 bits per heavy atom. The SMILES string of the molecule is COc1cccc(N2Cc3c(Cl)cc(Cl)cc3C2CN)c1. The molecule has 3 rings (SSSR count). The van der Waals surface area contributed by atoms with Gasteiger partial charge in [-0.05, 0) is 35.4 Å². The smallest absolute Gasteiger partial charge is 0.120 e. The number of ether oxygens (including phenoxy) is 1. The van der Waals surface area contributed by atoms with Crippen LogP contribution in [0.3, 0.4) is 0 Å². The normalized spacial score (nSPS) is 17.0. The molecule has 0 aliphatic carbocycles. The zero-order valence-corrected chi connectivity index (χ0v) is 13.2. The second kappa shape index (κ2) is 5.76. The van der Waals surface area contributed by atoms with E-state index in [1.54, 1.807) is 13.2 Å². The number of rotatable bonds is 3. The van der Waals surface area contributed by atoms with E-state index in [1.807, 2.05) is 30.3 Å². The zero-order chi connectivity index (χ0) is 15.0. The number of nitrogens with zero attached hydrogens (tertiary/aromatic N) is 1. The Morgan fingerprint density at radius 1 is 1.29 bits per heavy atom. The Morgan fingerprint density at radius 2 is 2.10 bits per heavy atom. The van der Waals surface area contributed by atoms with Gasteiger partial charge in [-0.3, -0.25) is 0 Å². The first-order valence-electron chi connectivity index (χ1n) is 6.72. The summed E-state index contributed by atoms with van der Waals surface area (Å²) in [6, 6.07) is 11.8. The standard InChI is InChI=1S/C16H16Cl2N2O/c1-21-12-4-2-3-11(7-12)20-9-14-13(16(20)8-19)5-10(17)6-15(14)18/h2-7,16H,8-9,19H2,1H3. The van der Waals surface area contributed by atoms with Crippen LogP contribution in [0.1, 0.15) is 17.2 Å². The summed E-state index contributed by atoms with van der Waals surface area (Å²) in [5.74, 6) is 0.823. The molecule has 1 aliphatic heterocycles. The lowest BCUT2D eigenvalue weighted by atomic mass is 10.0. The molecule has 21 heavy (non-hydrogen) atoms. The van der Waals surface area contributed by atoms with E-state index in [0.29, 0.717) is 16.6 Å². The largest absolute Gasteiger partial charge is 0.497 e. The third-order valence-electron chi connectivity index (χ3n) is 3.87. The Bertz CT molecular complexity index is 675. The molecule has 0 saturated heterocycles. The molecule has 1 heterocycles. The summed E-state index contributed by atoms with van der Waals surface area (Å²) in [6.07, 6.45) is 0. The van der Waals surface area contributed by atoms with Crippen LogP contribution in [0.25, 0.3) is 0 Å². The lowest BCUT2D eigenvalue weighted by Gasteiger charge is -2.26. The molecule has 5 heteroatoms. The summed E-state index contributed by atoms with van der Waals surface area (Å²) in [6.45, 7) is 1.22. The fraction of sp³-hybridized carbons (Fsp3) is 0.250. The fourth-order valence-electron chi connectivity index (χ4n) is 2.85. The van der Waals surface area contributed by atoms with Crippen molar-refractivity contribution in [3.05, 3.63) is 57.6 Å². The molecule has 110 valence electrons. The van der Waals surface area contributed by atoms with Crippen LogP contribution in [0.2, 0.25) is 10.0 Å². The number of hydrogen-bond acceptors (Lipinski definition) is 3. The van der Waals surface area contributed by atoms with Crippen LogP contribution < -0.4 is 15.4 Å². The van der Waals surface area contributed by atoms with Gasteiger partial charge in [-0.2, -0.15) is 0 Å². The number of halogens is 2. The van der Waals surface area contributed by atoms with Crippen molar-refractivity contribution in [3.63, 3.8) is 0 Å². The fourth-order valence-corrected chi connectivity index (χ4v) is 3.42. The van der Waals surface area contributed by atoms with Gasteiger partial charge in [0.05, 0.1) is 13.2 Å². The minimum atomic E-state index is 0.0725. The van der Waals surface area contributed by atoms with Crippen molar-refractivity contribution in [3.8, 4) is 5.75 Å². The van der Waals surface area contributed by atoms with Crippen molar-refractivity contribution in [1.29, 1.82) is 0 Å². The Labute approximate surface area is 134 Å². The van der Waals surface area contributed by atoms with Crippen LogP contribution in [0.15, 0.2) is 36.4 Å². The summed E-state index contributed by atoms with van der Waals surface area (Å²) >= 11 is 12.5. The predicted molar refractivity (Wildman–Crippen MR) is 87.4 cm³/mol. The van der Waals surface area contributed by atoms with E-state index >= 15 is 0 Å². The van der Waals surface area contributed by atoms with E-state index in [0.717, 1.165) is 29.1 Å². The van der Waals surface area contributed by atoms with Crippen molar-refractivity contribution in [2.24, 2.45) is 5.73 Å². The monoisotopic (exact) mass is 322 g/mol. The van der Waals surface area contributed by atoms with E-state index in [-0.39, 0.29) is 6.04 Å². The van der Waals surface area contributed by atoms with Crippen LogP contribution in [0.4, 0.5) is 5.69 Å². The number of hydrogen-bond donors (Lipinski definition) is 1. The van der Waals surface area contributed by atoms with E-state index in [9.17, 15) is 0 Å². The first kappa shape index (κ1) is 14.5. The topological polar surface area (TPSA) is 38.5 Å². The first-order chi connectivity index (χ1) is 10.1. The van der Waals surface area contributed by atoms with E-state index < -0.39 is 0 Å². The van der Waals surface area contributed by atoms with Gasteiger partial charge in [0.1, 0.15) is 5.75 Å². The Balaban J connectivity index is 2.04. The average molecular weight is 323 g/mol. The van der Waals surface area contributed by atoms with Crippen molar-refractivity contribution >= 4 is 28.9 Å². The minimum absolute atomic E-state index is 0.0725. The molecule has 0 spiro atoms. The number of nitrogens with two attached hydrogens (primary N) is 1. The molecule has 1 unspecified atom stereocenters. The summed E-state index contributed by atoms with van der Waals surface area (Å²) in [4.78, 5) is 2.23. The van der Waals surface area contributed by atoms with Gasteiger partial charge < -0.3 is 15.4 Å². The third kappa shape index (κ3) is 2.57. The summed E-state index contributed by atoms with van der Waals surface area (Å²) < 4.78 is 5.30. The zero-order valence-electron chi connectivity index (χ0n) is 11.6. The van der Waals surface area contributed by atoms with Gasteiger partial charge in [-0.25, -0.2) is 0 Å². The van der Waals surface area contributed by atoms with Gasteiger partial charge in [0.25, 0.3) is 0 Å². The van der Waals surface area contributed by atoms with Gasteiger partial charge in [0.15, 0.2) is 0 Å². The second-order valence-corrected chi connectivity index (χ2v) is 5.88. The molecule has 2 N–H and O–H groups in total. The highest BCUT2D eigenvalue weighted by molar-refractivity contribution is 6.35. The van der Waals surface area contributed by atoms with Crippen LogP contribution in [-0.2, 0) is 6.54 Å². The highest BCUT2D eigenvalue weighted by atomic mass is 35.5. The number of benzene rings is 2. The molecular formula is C16H16Cl2N2O. The van der Waals surface area contributed by atoms with E-state index in [4.69, 9.17) is 33.7 Å². The molecule has 1 atom stereocenters. The molecule has 0 fully saturated rings. The maximum atomic E-state index is 6.33. The lowest BCUT2D eigenvalue weighted by molar-refractivity contribution is 0.414. The van der Waals surface area contributed by atoms with Crippen molar-refractivity contribution < 1.29 is 4.74 Å². The Kier molecular flexibility index (Phi) is 3.98. The molecule has 1 aliphatic rings. The molecule has 0 radical (unpaired) electrons. The van der Waals surface area contributed by atoms with Crippen LogP contribution in [0, 0.1) is 0 Å². The van der Waals surface area contributed by atoms with Crippen molar-refractivity contribution in [2.45, 2.75) is 12.6 Å². The second-order valence-electron chi connectivity index (χ2n) is 5.04. The molecule has 3 nitrogen and oxygen atoms in total. The lowest BCUT2D eigenvalue weighted by Crippen LogP contribution is -2.27. The van der Waals surface area contributed by atoms with Crippen LogP contribution in [-0.4, -0.2) is 13.7 Å². The average Bonchev–Trinajstić information content (AvgIpc) is 2.86. The third-order valence-corrected chi connectivity index (χ3v) is 4.42. The van der Waals surface area contributed by atoms with Crippen molar-refractivity contribution in [2.75, 3.05) is 18.6 Å².